The van der Waals surface area contributed by atoms with E-state index in [9.17, 15) is 9.90 Å². The Labute approximate surface area is 148 Å². The maximum atomic E-state index is 12.9. The highest BCUT2D eigenvalue weighted by atomic mass is 32.1. The molecule has 5 heteroatoms. The lowest BCUT2D eigenvalue weighted by molar-refractivity contribution is -0.133. The first-order valence-corrected chi connectivity index (χ1v) is 10.3. The van der Waals surface area contributed by atoms with Crippen molar-refractivity contribution in [2.45, 2.75) is 75.6 Å². The van der Waals surface area contributed by atoms with Crippen molar-refractivity contribution in [1.82, 2.24) is 10.2 Å². The molecular formula is C19H28N2O2S. The number of hydrogen-bond acceptors (Lipinski definition) is 4. The molecule has 3 saturated heterocycles. The van der Waals surface area contributed by atoms with Gasteiger partial charge >= 0.3 is 0 Å². The van der Waals surface area contributed by atoms with Gasteiger partial charge in [-0.2, -0.15) is 0 Å². The average molecular weight is 349 g/mol. The van der Waals surface area contributed by atoms with Gasteiger partial charge in [-0.25, -0.2) is 0 Å². The largest absolute Gasteiger partial charge is 0.387 e. The number of hydrogen-bond donors (Lipinski definition) is 2. The number of amides is 1. The molecule has 1 aromatic heterocycles. The topological polar surface area (TPSA) is 52.6 Å². The minimum atomic E-state index is -0.432. The van der Waals surface area contributed by atoms with Gasteiger partial charge in [0.1, 0.15) is 0 Å². The van der Waals surface area contributed by atoms with Crippen molar-refractivity contribution >= 4 is 17.2 Å². The summed E-state index contributed by atoms with van der Waals surface area (Å²) in [6, 6.07) is 5.48. The molecule has 0 aromatic carbocycles. The van der Waals surface area contributed by atoms with Crippen LogP contribution in [0.15, 0.2) is 17.5 Å². The summed E-state index contributed by atoms with van der Waals surface area (Å²) in [6.45, 7) is 0.873. The molecule has 3 aliphatic heterocycles. The van der Waals surface area contributed by atoms with Gasteiger partial charge in [0.05, 0.1) is 6.10 Å². The van der Waals surface area contributed by atoms with E-state index in [0.717, 1.165) is 24.3 Å². The smallest absolute Gasteiger partial charge is 0.223 e. The predicted molar refractivity (Wildman–Crippen MR) is 95.9 cm³/mol. The summed E-state index contributed by atoms with van der Waals surface area (Å²) >= 11 is 1.60. The van der Waals surface area contributed by atoms with Crippen LogP contribution in [0.4, 0.5) is 0 Å². The number of piperidine rings is 1. The van der Waals surface area contributed by atoms with E-state index in [1.165, 1.54) is 25.7 Å². The summed E-state index contributed by atoms with van der Waals surface area (Å²) in [7, 11) is 0. The molecule has 0 saturated carbocycles. The fourth-order valence-corrected chi connectivity index (χ4v) is 5.69. The summed E-state index contributed by atoms with van der Waals surface area (Å²) in [6.07, 6.45) is 7.97. The Bertz CT molecular complexity index is 550. The molecule has 4 rings (SSSR count). The number of nitrogens with zero attached hydrogens (tertiary/aromatic N) is 1. The van der Waals surface area contributed by atoms with E-state index in [-0.39, 0.29) is 6.04 Å². The highest BCUT2D eigenvalue weighted by Gasteiger charge is 2.37. The van der Waals surface area contributed by atoms with Gasteiger partial charge in [-0.05, 0) is 62.3 Å². The van der Waals surface area contributed by atoms with E-state index in [0.29, 0.717) is 36.8 Å². The lowest BCUT2D eigenvalue weighted by Crippen LogP contribution is -2.41. The van der Waals surface area contributed by atoms with E-state index in [1.807, 2.05) is 17.5 Å². The minimum absolute atomic E-state index is 0.216. The van der Waals surface area contributed by atoms with Crippen molar-refractivity contribution in [3.63, 3.8) is 0 Å². The third kappa shape index (κ3) is 3.53. The Morgan fingerprint density at radius 2 is 2.12 bits per heavy atom. The van der Waals surface area contributed by atoms with Crippen molar-refractivity contribution in [3.05, 3.63) is 22.4 Å². The highest BCUT2D eigenvalue weighted by Crippen LogP contribution is 2.35. The lowest BCUT2D eigenvalue weighted by Gasteiger charge is -2.32. The molecule has 4 nitrogen and oxygen atoms in total. The average Bonchev–Trinajstić information content (AvgIpc) is 3.28. The Hall–Kier alpha value is -0.910. The first-order chi connectivity index (χ1) is 11.7. The van der Waals surface area contributed by atoms with Gasteiger partial charge in [-0.1, -0.05) is 6.07 Å². The zero-order chi connectivity index (χ0) is 16.5. The second-order valence-corrected chi connectivity index (χ2v) is 8.81. The fourth-order valence-electron chi connectivity index (χ4n) is 4.97. The predicted octanol–water partition coefficient (Wildman–Crippen LogP) is 3.08. The second-order valence-electron chi connectivity index (χ2n) is 7.83. The second kappa shape index (κ2) is 7.14. The number of nitrogens with one attached hydrogen (secondary N) is 1. The number of rotatable bonds is 5. The van der Waals surface area contributed by atoms with Crippen LogP contribution in [0.1, 0.15) is 62.3 Å². The van der Waals surface area contributed by atoms with Crippen LogP contribution in [-0.4, -0.2) is 40.6 Å². The van der Waals surface area contributed by atoms with E-state index >= 15 is 0 Å². The molecule has 1 aromatic rings. The number of fused-ring (bicyclic) bond motifs is 2. The summed E-state index contributed by atoms with van der Waals surface area (Å²) in [5.74, 6) is 0.877. The van der Waals surface area contributed by atoms with Crippen molar-refractivity contribution in [1.29, 1.82) is 0 Å². The molecule has 4 unspecified atom stereocenters. The van der Waals surface area contributed by atoms with Crippen LogP contribution in [0.25, 0.3) is 0 Å². The monoisotopic (exact) mass is 348 g/mol. The van der Waals surface area contributed by atoms with Gasteiger partial charge in [0.2, 0.25) is 5.91 Å². The number of thiophene rings is 1. The van der Waals surface area contributed by atoms with Gasteiger partial charge in [-0.15, -0.1) is 11.3 Å². The molecule has 0 radical (unpaired) electrons. The molecular weight excluding hydrogens is 320 g/mol. The third-order valence-electron chi connectivity index (χ3n) is 6.10. The lowest BCUT2D eigenvalue weighted by atomic mass is 9.89. The maximum absolute atomic E-state index is 12.9. The first kappa shape index (κ1) is 16.6. The summed E-state index contributed by atoms with van der Waals surface area (Å²) in [5, 5.41) is 16.1. The molecule has 2 N–H and O–H groups in total. The molecule has 2 bridgehead atoms. The van der Waals surface area contributed by atoms with Crippen LogP contribution in [0.2, 0.25) is 0 Å². The van der Waals surface area contributed by atoms with Crippen LogP contribution < -0.4 is 5.32 Å². The Kier molecular flexibility index (Phi) is 4.93. The van der Waals surface area contributed by atoms with E-state index in [4.69, 9.17) is 0 Å². The number of carbonyl (C=O) groups is 1. The zero-order valence-electron chi connectivity index (χ0n) is 14.2. The standard InChI is InChI=1S/C19H28N2O2S/c22-17(18-4-2-8-24-18)12-16-3-1-7-21(16)19(23)11-13-9-14-5-6-15(10-13)20-14/h2,4,8,13-17,20,22H,1,3,5-7,9-12H2. The molecule has 0 aliphatic carbocycles. The van der Waals surface area contributed by atoms with Crippen molar-refractivity contribution < 1.29 is 9.90 Å². The summed E-state index contributed by atoms with van der Waals surface area (Å²) < 4.78 is 0. The molecule has 3 aliphatic rings. The minimum Gasteiger partial charge on any atom is -0.387 e. The van der Waals surface area contributed by atoms with E-state index < -0.39 is 6.10 Å². The Morgan fingerprint density at radius 3 is 2.83 bits per heavy atom. The Balaban J connectivity index is 1.33. The summed E-state index contributed by atoms with van der Waals surface area (Å²) in [4.78, 5) is 15.9. The molecule has 0 spiro atoms. The van der Waals surface area contributed by atoms with Gasteiger partial charge < -0.3 is 15.3 Å². The first-order valence-electron chi connectivity index (χ1n) is 9.46. The highest BCUT2D eigenvalue weighted by molar-refractivity contribution is 7.10. The van der Waals surface area contributed by atoms with E-state index in [2.05, 4.69) is 10.2 Å². The number of aliphatic hydroxyl groups excluding tert-OH is 1. The van der Waals surface area contributed by atoms with Crippen molar-refractivity contribution in [2.24, 2.45) is 5.92 Å². The number of likely N-dealkylation sites (tertiary alicyclic amines) is 1. The van der Waals surface area contributed by atoms with Gasteiger partial charge in [0, 0.05) is 36.0 Å². The quantitative estimate of drug-likeness (QED) is 0.860. The van der Waals surface area contributed by atoms with Crippen molar-refractivity contribution in [3.8, 4) is 0 Å². The van der Waals surface area contributed by atoms with Crippen LogP contribution in [0.5, 0.6) is 0 Å². The summed E-state index contributed by atoms with van der Waals surface area (Å²) in [5.41, 5.74) is 0. The number of aliphatic hydroxyl groups is 1. The molecule has 132 valence electrons. The SMILES string of the molecule is O=C(CC1CC2CCC(C1)N2)N1CCCC1CC(O)c1cccs1. The number of carbonyl (C=O) groups excluding carboxylic acids is 1. The van der Waals surface area contributed by atoms with E-state index in [1.54, 1.807) is 11.3 Å². The molecule has 3 fully saturated rings. The van der Waals surface area contributed by atoms with Crippen LogP contribution >= 0.6 is 11.3 Å². The van der Waals surface area contributed by atoms with Crippen LogP contribution in [0, 0.1) is 5.92 Å². The molecule has 4 heterocycles. The third-order valence-corrected chi connectivity index (χ3v) is 7.07. The zero-order valence-corrected chi connectivity index (χ0v) is 15.0. The fraction of sp³-hybridized carbons (Fsp3) is 0.737. The van der Waals surface area contributed by atoms with Crippen LogP contribution in [-0.2, 0) is 4.79 Å². The molecule has 1 amide bonds. The van der Waals surface area contributed by atoms with Gasteiger partial charge in [0.15, 0.2) is 0 Å². The molecule has 24 heavy (non-hydrogen) atoms. The van der Waals surface area contributed by atoms with Crippen LogP contribution in [0.3, 0.4) is 0 Å². The normalized spacial score (nSPS) is 33.8. The Morgan fingerprint density at radius 1 is 1.33 bits per heavy atom. The van der Waals surface area contributed by atoms with Gasteiger partial charge in [0.25, 0.3) is 0 Å². The molecule has 4 atom stereocenters. The van der Waals surface area contributed by atoms with Gasteiger partial charge in [-0.3, -0.25) is 4.79 Å². The van der Waals surface area contributed by atoms with Crippen molar-refractivity contribution in [2.75, 3.05) is 6.54 Å². The maximum Gasteiger partial charge on any atom is 0.223 e.